The van der Waals surface area contributed by atoms with Crippen molar-refractivity contribution in [1.29, 1.82) is 0 Å². The summed E-state index contributed by atoms with van der Waals surface area (Å²) < 4.78 is 11.6. The zero-order valence-electron chi connectivity index (χ0n) is 16.0. The van der Waals surface area contributed by atoms with E-state index in [-0.39, 0.29) is 5.92 Å². The van der Waals surface area contributed by atoms with Crippen LogP contribution in [0.15, 0.2) is 64.9 Å². The minimum Gasteiger partial charge on any atom is -0.421 e. The molecule has 0 fully saturated rings. The highest BCUT2D eigenvalue weighted by Gasteiger charge is 2.27. The SMILES string of the molecule is Cc1nnc(C2=C(CCOCc3ccccc3)NC=CC2c2ccc(C=O)s2)o1. The van der Waals surface area contributed by atoms with Crippen LogP contribution >= 0.6 is 11.3 Å². The van der Waals surface area contributed by atoms with E-state index in [1.165, 1.54) is 11.3 Å². The molecule has 1 N–H and O–H groups in total. The molecule has 0 saturated carbocycles. The number of ether oxygens (including phenoxy) is 1. The van der Waals surface area contributed by atoms with Gasteiger partial charge in [-0.15, -0.1) is 21.5 Å². The number of thiophene rings is 1. The lowest BCUT2D eigenvalue weighted by Gasteiger charge is -2.23. The van der Waals surface area contributed by atoms with Crippen LogP contribution in [-0.2, 0) is 11.3 Å². The van der Waals surface area contributed by atoms with Gasteiger partial charge in [0.2, 0.25) is 11.8 Å². The number of nitrogens with one attached hydrogen (secondary N) is 1. The summed E-state index contributed by atoms with van der Waals surface area (Å²) in [7, 11) is 0. The van der Waals surface area contributed by atoms with E-state index in [1.54, 1.807) is 6.92 Å². The number of benzene rings is 1. The summed E-state index contributed by atoms with van der Waals surface area (Å²) >= 11 is 1.47. The van der Waals surface area contributed by atoms with Crippen molar-refractivity contribution in [2.24, 2.45) is 0 Å². The third-order valence-electron chi connectivity index (χ3n) is 4.62. The van der Waals surface area contributed by atoms with Crippen LogP contribution in [-0.4, -0.2) is 23.1 Å². The first-order valence-corrected chi connectivity index (χ1v) is 10.2. The Hall–Kier alpha value is -3.03. The van der Waals surface area contributed by atoms with Crippen LogP contribution in [0.2, 0.25) is 0 Å². The summed E-state index contributed by atoms with van der Waals surface area (Å²) in [6.45, 7) is 2.89. The van der Waals surface area contributed by atoms with Gasteiger partial charge in [-0.05, 0) is 23.9 Å². The molecule has 29 heavy (non-hydrogen) atoms. The molecule has 1 atom stereocenters. The molecule has 7 heteroatoms. The van der Waals surface area contributed by atoms with Crippen molar-refractivity contribution in [3.63, 3.8) is 0 Å². The molecule has 1 unspecified atom stereocenters. The monoisotopic (exact) mass is 407 g/mol. The Kier molecular flexibility index (Phi) is 5.97. The second-order valence-electron chi connectivity index (χ2n) is 6.65. The predicted octanol–water partition coefficient (Wildman–Crippen LogP) is 4.47. The average molecular weight is 407 g/mol. The predicted molar refractivity (Wildman–Crippen MR) is 111 cm³/mol. The van der Waals surface area contributed by atoms with Crippen molar-refractivity contribution in [3.8, 4) is 0 Å². The number of allylic oxidation sites excluding steroid dienone is 2. The lowest BCUT2D eigenvalue weighted by atomic mass is 9.92. The van der Waals surface area contributed by atoms with E-state index in [0.29, 0.717) is 36.3 Å². The van der Waals surface area contributed by atoms with Crippen LogP contribution in [0.3, 0.4) is 0 Å². The summed E-state index contributed by atoms with van der Waals surface area (Å²) in [4.78, 5) is 12.9. The number of aromatic nitrogens is 2. The maximum absolute atomic E-state index is 11.1. The number of carbonyl (C=O) groups is 1. The van der Waals surface area contributed by atoms with Crippen LogP contribution in [0.4, 0.5) is 0 Å². The summed E-state index contributed by atoms with van der Waals surface area (Å²) in [5, 5.41) is 11.6. The molecule has 6 nitrogen and oxygen atoms in total. The van der Waals surface area contributed by atoms with E-state index in [2.05, 4.69) is 15.5 Å². The molecular weight excluding hydrogens is 386 g/mol. The zero-order valence-corrected chi connectivity index (χ0v) is 16.8. The Morgan fingerprint density at radius 3 is 2.79 bits per heavy atom. The van der Waals surface area contributed by atoms with Crippen molar-refractivity contribution in [1.82, 2.24) is 15.5 Å². The molecular formula is C22H21N3O3S. The molecule has 3 aromatic rings. The summed E-state index contributed by atoms with van der Waals surface area (Å²) in [6, 6.07) is 13.9. The van der Waals surface area contributed by atoms with E-state index in [0.717, 1.165) is 28.0 Å². The second-order valence-corrected chi connectivity index (χ2v) is 7.79. The highest BCUT2D eigenvalue weighted by atomic mass is 32.1. The standard InChI is InChI=1S/C22H21N3O3S/c1-15-24-25-22(28-15)21-18(20-8-7-17(13-26)29-20)9-11-23-19(21)10-12-27-14-16-5-3-2-4-6-16/h2-9,11,13,18,23H,10,12,14H2,1H3. The highest BCUT2D eigenvalue weighted by molar-refractivity contribution is 7.13. The number of hydrogen-bond donors (Lipinski definition) is 1. The minimum atomic E-state index is -0.0566. The molecule has 1 aliphatic rings. The molecule has 0 spiro atoms. The first-order valence-electron chi connectivity index (χ1n) is 9.38. The maximum atomic E-state index is 11.1. The lowest BCUT2D eigenvalue weighted by molar-refractivity contribution is 0.112. The smallest absolute Gasteiger partial charge is 0.246 e. The molecule has 0 aliphatic carbocycles. The summed E-state index contributed by atoms with van der Waals surface area (Å²) in [5.41, 5.74) is 3.05. The Labute approximate surface area is 172 Å². The number of rotatable bonds is 8. The van der Waals surface area contributed by atoms with Gasteiger partial charge in [0.1, 0.15) is 0 Å². The van der Waals surface area contributed by atoms with Crippen LogP contribution in [0.25, 0.3) is 5.57 Å². The van der Waals surface area contributed by atoms with Crippen LogP contribution < -0.4 is 5.32 Å². The van der Waals surface area contributed by atoms with Crippen LogP contribution in [0.5, 0.6) is 0 Å². The van der Waals surface area contributed by atoms with Gasteiger partial charge < -0.3 is 14.5 Å². The molecule has 0 radical (unpaired) electrons. The first-order chi connectivity index (χ1) is 14.2. The van der Waals surface area contributed by atoms with Crippen molar-refractivity contribution in [3.05, 3.63) is 87.5 Å². The zero-order chi connectivity index (χ0) is 20.1. The first kappa shape index (κ1) is 19.3. The van der Waals surface area contributed by atoms with Gasteiger partial charge in [0.25, 0.3) is 0 Å². The van der Waals surface area contributed by atoms with Crippen LogP contribution in [0, 0.1) is 6.92 Å². The highest BCUT2D eigenvalue weighted by Crippen LogP contribution is 2.40. The lowest BCUT2D eigenvalue weighted by Crippen LogP contribution is -2.18. The topological polar surface area (TPSA) is 77.3 Å². The van der Waals surface area contributed by atoms with E-state index in [4.69, 9.17) is 9.15 Å². The molecule has 4 rings (SSSR count). The van der Waals surface area contributed by atoms with Gasteiger partial charge in [-0.2, -0.15) is 0 Å². The third-order valence-corrected chi connectivity index (χ3v) is 5.71. The largest absolute Gasteiger partial charge is 0.421 e. The Balaban J connectivity index is 1.55. The van der Waals surface area contributed by atoms with Crippen molar-refractivity contribution < 1.29 is 13.9 Å². The number of aldehydes is 1. The van der Waals surface area contributed by atoms with Gasteiger partial charge in [-0.1, -0.05) is 36.4 Å². The van der Waals surface area contributed by atoms with Gasteiger partial charge in [0, 0.05) is 35.4 Å². The molecule has 3 heterocycles. The van der Waals surface area contributed by atoms with Gasteiger partial charge in [-0.3, -0.25) is 4.79 Å². The molecule has 0 saturated heterocycles. The Morgan fingerprint density at radius 1 is 1.21 bits per heavy atom. The molecule has 2 aromatic heterocycles. The summed E-state index contributed by atoms with van der Waals surface area (Å²) in [6.07, 6.45) is 5.52. The number of nitrogens with zero attached hydrogens (tertiary/aromatic N) is 2. The van der Waals surface area contributed by atoms with Gasteiger partial charge in [-0.25, -0.2) is 0 Å². The molecule has 148 valence electrons. The molecule has 1 aromatic carbocycles. The molecule has 0 amide bonds. The summed E-state index contributed by atoms with van der Waals surface area (Å²) in [5.74, 6) is 0.947. The fourth-order valence-electron chi connectivity index (χ4n) is 3.26. The van der Waals surface area contributed by atoms with Gasteiger partial charge >= 0.3 is 0 Å². The molecule has 1 aliphatic heterocycles. The van der Waals surface area contributed by atoms with Crippen LogP contribution in [0.1, 0.15) is 44.2 Å². The maximum Gasteiger partial charge on any atom is 0.246 e. The fourth-order valence-corrected chi connectivity index (χ4v) is 4.17. The van der Waals surface area contributed by atoms with Crippen molar-refractivity contribution >= 4 is 23.2 Å². The minimum absolute atomic E-state index is 0.0566. The quantitative estimate of drug-likeness (QED) is 0.438. The van der Waals surface area contributed by atoms with Crippen molar-refractivity contribution in [2.75, 3.05) is 6.61 Å². The Morgan fingerprint density at radius 2 is 2.07 bits per heavy atom. The molecule has 0 bridgehead atoms. The van der Waals surface area contributed by atoms with Gasteiger partial charge in [0.05, 0.1) is 18.1 Å². The van der Waals surface area contributed by atoms with E-state index in [9.17, 15) is 4.79 Å². The van der Waals surface area contributed by atoms with E-state index in [1.807, 2.05) is 54.7 Å². The third kappa shape index (κ3) is 4.52. The number of hydrogen-bond acceptors (Lipinski definition) is 7. The average Bonchev–Trinajstić information content (AvgIpc) is 3.40. The van der Waals surface area contributed by atoms with Crippen molar-refractivity contribution in [2.45, 2.75) is 25.9 Å². The van der Waals surface area contributed by atoms with E-state index < -0.39 is 0 Å². The van der Waals surface area contributed by atoms with Gasteiger partial charge in [0.15, 0.2) is 6.29 Å². The number of aryl methyl sites for hydroxylation is 1. The Bertz CT molecular complexity index is 1040. The number of carbonyl (C=O) groups excluding carboxylic acids is 1. The fraction of sp³-hybridized carbons (Fsp3) is 0.227. The number of dihydropyridines is 1. The second kappa shape index (κ2) is 8.98. The van der Waals surface area contributed by atoms with E-state index >= 15 is 0 Å². The normalized spacial score (nSPS) is 16.1.